The number of nitrogens with zero attached hydrogens (tertiary/aromatic N) is 2. The van der Waals surface area contributed by atoms with Crippen LogP contribution in [0.2, 0.25) is 0 Å². The van der Waals surface area contributed by atoms with Crippen LogP contribution in [0.1, 0.15) is 15.9 Å². The molecule has 1 aromatic carbocycles. The third-order valence-corrected chi connectivity index (χ3v) is 3.61. The number of hydrogen-bond acceptors (Lipinski definition) is 5. The molecule has 0 atom stereocenters. The first-order valence-electron chi connectivity index (χ1n) is 7.58. The van der Waals surface area contributed by atoms with E-state index in [9.17, 15) is 4.79 Å². The first-order valence-corrected chi connectivity index (χ1v) is 7.58. The quantitative estimate of drug-likeness (QED) is 0.744. The van der Waals surface area contributed by atoms with Crippen LogP contribution in [0, 0.1) is 0 Å². The number of pyridine rings is 1. The van der Waals surface area contributed by atoms with Crippen LogP contribution in [0.25, 0.3) is 0 Å². The first kappa shape index (κ1) is 17.7. The average molecular weight is 330 g/mol. The summed E-state index contributed by atoms with van der Waals surface area (Å²) >= 11 is 0. The Bertz CT molecular complexity index is 661. The summed E-state index contributed by atoms with van der Waals surface area (Å²) in [5.74, 6) is 1.02. The topological polar surface area (TPSA) is 60.9 Å². The summed E-state index contributed by atoms with van der Waals surface area (Å²) in [4.78, 5) is 18.6. The van der Waals surface area contributed by atoms with Crippen LogP contribution in [0.5, 0.6) is 11.5 Å². The van der Waals surface area contributed by atoms with E-state index in [1.54, 1.807) is 56.8 Å². The lowest BCUT2D eigenvalue weighted by molar-refractivity contribution is 0.0680. The van der Waals surface area contributed by atoms with Gasteiger partial charge in [-0.15, -0.1) is 0 Å². The molecule has 1 amide bonds. The number of carbonyl (C=O) groups excluding carboxylic acids is 1. The second kappa shape index (κ2) is 8.88. The number of carbonyl (C=O) groups is 1. The van der Waals surface area contributed by atoms with Crippen molar-refractivity contribution < 1.29 is 19.0 Å². The molecule has 0 bridgehead atoms. The summed E-state index contributed by atoms with van der Waals surface area (Å²) in [7, 11) is 4.73. The fourth-order valence-electron chi connectivity index (χ4n) is 2.31. The van der Waals surface area contributed by atoms with Crippen LogP contribution in [-0.4, -0.2) is 50.3 Å². The maximum absolute atomic E-state index is 12.9. The van der Waals surface area contributed by atoms with Gasteiger partial charge in [-0.1, -0.05) is 0 Å². The van der Waals surface area contributed by atoms with Crippen molar-refractivity contribution in [2.45, 2.75) is 6.54 Å². The van der Waals surface area contributed by atoms with Gasteiger partial charge in [-0.05, 0) is 35.9 Å². The molecule has 6 heteroatoms. The molecule has 24 heavy (non-hydrogen) atoms. The third-order valence-electron chi connectivity index (χ3n) is 3.61. The van der Waals surface area contributed by atoms with Gasteiger partial charge in [0.15, 0.2) is 11.5 Å². The zero-order valence-corrected chi connectivity index (χ0v) is 14.2. The van der Waals surface area contributed by atoms with Gasteiger partial charge in [0.1, 0.15) is 0 Å². The number of methoxy groups -OCH3 is 3. The van der Waals surface area contributed by atoms with Crippen molar-refractivity contribution in [3.63, 3.8) is 0 Å². The summed E-state index contributed by atoms with van der Waals surface area (Å²) < 4.78 is 15.6. The Hall–Kier alpha value is -2.60. The number of ether oxygens (including phenoxy) is 3. The van der Waals surface area contributed by atoms with Gasteiger partial charge in [0.05, 0.1) is 20.8 Å². The van der Waals surface area contributed by atoms with E-state index in [-0.39, 0.29) is 5.91 Å². The van der Waals surface area contributed by atoms with Gasteiger partial charge in [-0.2, -0.15) is 0 Å². The molecule has 0 saturated carbocycles. The Kier molecular flexibility index (Phi) is 6.57. The van der Waals surface area contributed by atoms with Crippen molar-refractivity contribution in [3.05, 3.63) is 53.9 Å². The predicted octanol–water partition coefficient (Wildman–Crippen LogP) is 2.39. The molecule has 0 aliphatic carbocycles. The highest BCUT2D eigenvalue weighted by Gasteiger charge is 2.18. The molecule has 1 heterocycles. The Morgan fingerprint density at radius 1 is 1.04 bits per heavy atom. The van der Waals surface area contributed by atoms with Crippen molar-refractivity contribution in [1.82, 2.24) is 9.88 Å². The van der Waals surface area contributed by atoms with Crippen molar-refractivity contribution in [3.8, 4) is 11.5 Å². The normalized spacial score (nSPS) is 10.3. The molecular formula is C18H22N2O4. The van der Waals surface area contributed by atoms with Crippen molar-refractivity contribution in [1.29, 1.82) is 0 Å². The number of benzene rings is 1. The highest BCUT2D eigenvalue weighted by Crippen LogP contribution is 2.28. The second-order valence-corrected chi connectivity index (χ2v) is 5.14. The Morgan fingerprint density at radius 2 is 1.75 bits per heavy atom. The van der Waals surface area contributed by atoms with E-state index in [0.29, 0.717) is 36.8 Å². The molecule has 0 N–H and O–H groups in total. The van der Waals surface area contributed by atoms with Gasteiger partial charge in [-0.3, -0.25) is 9.78 Å². The van der Waals surface area contributed by atoms with Gasteiger partial charge in [0, 0.05) is 38.2 Å². The maximum Gasteiger partial charge on any atom is 0.254 e. The van der Waals surface area contributed by atoms with E-state index in [2.05, 4.69) is 4.98 Å². The van der Waals surface area contributed by atoms with Gasteiger partial charge >= 0.3 is 0 Å². The molecule has 2 rings (SSSR count). The fourth-order valence-corrected chi connectivity index (χ4v) is 2.31. The number of hydrogen-bond donors (Lipinski definition) is 0. The zero-order chi connectivity index (χ0) is 17.4. The van der Waals surface area contributed by atoms with Crippen LogP contribution in [-0.2, 0) is 11.3 Å². The minimum absolute atomic E-state index is 0.0928. The number of rotatable bonds is 8. The molecule has 0 spiro atoms. The molecule has 0 saturated heterocycles. The molecule has 0 aliphatic rings. The highest BCUT2D eigenvalue weighted by atomic mass is 16.5. The van der Waals surface area contributed by atoms with Crippen LogP contribution in [0.15, 0.2) is 42.7 Å². The molecular weight excluding hydrogens is 308 g/mol. The van der Waals surface area contributed by atoms with Crippen LogP contribution >= 0.6 is 0 Å². The van der Waals surface area contributed by atoms with Gasteiger partial charge in [0.25, 0.3) is 5.91 Å². The second-order valence-electron chi connectivity index (χ2n) is 5.14. The average Bonchev–Trinajstić information content (AvgIpc) is 2.64. The molecule has 1 aromatic heterocycles. The fraction of sp³-hybridized carbons (Fsp3) is 0.333. The van der Waals surface area contributed by atoms with Crippen LogP contribution < -0.4 is 9.47 Å². The molecule has 0 aliphatic heterocycles. The molecule has 0 fully saturated rings. The Balaban J connectivity index is 2.23. The van der Waals surface area contributed by atoms with E-state index in [4.69, 9.17) is 14.2 Å². The lowest BCUT2D eigenvalue weighted by atomic mass is 10.1. The Labute approximate surface area is 142 Å². The molecule has 0 radical (unpaired) electrons. The number of amides is 1. The van der Waals surface area contributed by atoms with E-state index >= 15 is 0 Å². The van der Waals surface area contributed by atoms with Crippen molar-refractivity contribution in [2.24, 2.45) is 0 Å². The summed E-state index contributed by atoms with van der Waals surface area (Å²) in [6.07, 6.45) is 3.43. The summed E-state index contributed by atoms with van der Waals surface area (Å²) in [5.41, 5.74) is 1.55. The van der Waals surface area contributed by atoms with Crippen LogP contribution in [0.4, 0.5) is 0 Å². The SMILES string of the molecule is COCCN(Cc1ccncc1)C(=O)c1ccc(OC)c(OC)c1. The van der Waals surface area contributed by atoms with E-state index in [1.807, 2.05) is 12.1 Å². The summed E-state index contributed by atoms with van der Waals surface area (Å²) in [6.45, 7) is 1.44. The first-order chi connectivity index (χ1) is 11.7. The molecule has 0 unspecified atom stereocenters. The van der Waals surface area contributed by atoms with E-state index < -0.39 is 0 Å². The van der Waals surface area contributed by atoms with Crippen molar-refractivity contribution in [2.75, 3.05) is 34.5 Å². The highest BCUT2D eigenvalue weighted by molar-refractivity contribution is 5.95. The smallest absolute Gasteiger partial charge is 0.254 e. The lowest BCUT2D eigenvalue weighted by Gasteiger charge is -2.23. The largest absolute Gasteiger partial charge is 0.493 e. The summed E-state index contributed by atoms with van der Waals surface area (Å²) in [5, 5.41) is 0. The van der Waals surface area contributed by atoms with Crippen LogP contribution in [0.3, 0.4) is 0 Å². The monoisotopic (exact) mass is 330 g/mol. The zero-order valence-electron chi connectivity index (χ0n) is 14.2. The summed E-state index contributed by atoms with van der Waals surface area (Å²) in [6, 6.07) is 8.93. The lowest BCUT2D eigenvalue weighted by Crippen LogP contribution is -2.33. The van der Waals surface area contributed by atoms with E-state index in [0.717, 1.165) is 5.56 Å². The standard InChI is InChI=1S/C18H22N2O4/c1-22-11-10-20(13-14-6-8-19-9-7-14)18(21)15-4-5-16(23-2)17(12-15)24-3/h4-9,12H,10-11,13H2,1-3H3. The third kappa shape index (κ3) is 4.45. The van der Waals surface area contributed by atoms with Gasteiger partial charge in [-0.25, -0.2) is 0 Å². The predicted molar refractivity (Wildman–Crippen MR) is 90.4 cm³/mol. The minimum Gasteiger partial charge on any atom is -0.493 e. The maximum atomic E-state index is 12.9. The van der Waals surface area contributed by atoms with Gasteiger partial charge < -0.3 is 19.1 Å². The Morgan fingerprint density at radius 3 is 2.38 bits per heavy atom. The van der Waals surface area contributed by atoms with E-state index in [1.165, 1.54) is 0 Å². The van der Waals surface area contributed by atoms with Gasteiger partial charge in [0.2, 0.25) is 0 Å². The molecule has 2 aromatic rings. The molecule has 128 valence electrons. The molecule has 6 nitrogen and oxygen atoms in total. The number of aromatic nitrogens is 1. The minimum atomic E-state index is -0.0928. The van der Waals surface area contributed by atoms with Crippen molar-refractivity contribution >= 4 is 5.91 Å².